The zero-order valence-electron chi connectivity index (χ0n) is 12.9. The first-order valence-corrected chi connectivity index (χ1v) is 8.85. The van der Waals surface area contributed by atoms with Gasteiger partial charge in [0.15, 0.2) is 0 Å². The molecule has 1 aromatic heterocycles. The fraction of sp³-hybridized carbons (Fsp3) is 0.353. The summed E-state index contributed by atoms with van der Waals surface area (Å²) in [6.07, 6.45) is 2.28. The highest BCUT2D eigenvalue weighted by atomic mass is 32.1. The van der Waals surface area contributed by atoms with Gasteiger partial charge in [-0.3, -0.25) is 14.9 Å². The van der Waals surface area contributed by atoms with Crippen LogP contribution in [-0.4, -0.2) is 29.9 Å². The van der Waals surface area contributed by atoms with Crippen molar-refractivity contribution in [1.29, 1.82) is 0 Å². The smallest absolute Gasteiger partial charge is 0.322 e. The molecule has 1 aromatic carbocycles. The van der Waals surface area contributed by atoms with E-state index in [1.165, 1.54) is 0 Å². The number of carbonyl (C=O) groups excluding carboxylic acids is 3. The summed E-state index contributed by atoms with van der Waals surface area (Å²) in [6.45, 7) is 0.369. The molecule has 2 fully saturated rings. The Morgan fingerprint density at radius 2 is 2.21 bits per heavy atom. The quantitative estimate of drug-likeness (QED) is 0.745. The van der Waals surface area contributed by atoms with Crippen molar-refractivity contribution in [3.63, 3.8) is 0 Å². The zero-order valence-corrected chi connectivity index (χ0v) is 13.7. The predicted molar refractivity (Wildman–Crippen MR) is 90.9 cm³/mol. The van der Waals surface area contributed by atoms with Crippen LogP contribution >= 0.6 is 11.3 Å². The molecule has 2 atom stereocenters. The van der Waals surface area contributed by atoms with Crippen LogP contribution in [0.1, 0.15) is 29.6 Å². The highest BCUT2D eigenvalue weighted by Gasteiger charge is 2.54. The molecule has 4 amide bonds. The summed E-state index contributed by atoms with van der Waals surface area (Å²) in [6, 6.07) is 7.16. The Morgan fingerprint density at radius 3 is 3.00 bits per heavy atom. The molecule has 6 nitrogen and oxygen atoms in total. The van der Waals surface area contributed by atoms with Gasteiger partial charge in [-0.2, -0.15) is 0 Å². The predicted octanol–water partition coefficient (Wildman–Crippen LogP) is 2.01. The Labute approximate surface area is 142 Å². The summed E-state index contributed by atoms with van der Waals surface area (Å²) < 4.78 is 1.15. The van der Waals surface area contributed by atoms with Gasteiger partial charge in [0.1, 0.15) is 5.54 Å². The second-order valence-corrected chi connectivity index (χ2v) is 7.30. The monoisotopic (exact) mass is 343 g/mol. The molecule has 24 heavy (non-hydrogen) atoms. The van der Waals surface area contributed by atoms with Crippen LogP contribution in [0.5, 0.6) is 0 Å². The van der Waals surface area contributed by atoms with E-state index in [9.17, 15) is 14.4 Å². The van der Waals surface area contributed by atoms with Crippen LogP contribution in [0.2, 0.25) is 0 Å². The lowest BCUT2D eigenvalue weighted by atomic mass is 9.87. The standard InChI is InChI=1S/C17H17N3O3S/c21-14(11-3-4-13-10(8-11)5-7-24-13)18-9-12-2-1-6-17(12)15(22)19-16(23)20-17/h3-5,7-8,12H,1-2,6,9H2,(H,18,21)(H2,19,20,22,23). The van der Waals surface area contributed by atoms with E-state index in [1.807, 2.05) is 29.6 Å². The Morgan fingerprint density at radius 1 is 1.33 bits per heavy atom. The van der Waals surface area contributed by atoms with Crippen LogP contribution in [-0.2, 0) is 4.79 Å². The van der Waals surface area contributed by atoms with Gasteiger partial charge < -0.3 is 10.6 Å². The van der Waals surface area contributed by atoms with Gasteiger partial charge in [0.25, 0.3) is 11.8 Å². The number of fused-ring (bicyclic) bond motifs is 1. The molecule has 1 saturated heterocycles. The maximum absolute atomic E-state index is 12.4. The molecule has 7 heteroatoms. The molecule has 124 valence electrons. The topological polar surface area (TPSA) is 87.3 Å². The number of carbonyl (C=O) groups is 3. The van der Waals surface area contributed by atoms with E-state index in [0.717, 1.165) is 22.9 Å². The minimum absolute atomic E-state index is 0.0854. The summed E-state index contributed by atoms with van der Waals surface area (Å²) in [5.41, 5.74) is -0.255. The minimum Gasteiger partial charge on any atom is -0.352 e. The number of urea groups is 1. The molecule has 2 unspecified atom stereocenters. The maximum atomic E-state index is 12.4. The highest BCUT2D eigenvalue weighted by Crippen LogP contribution is 2.37. The SMILES string of the molecule is O=C1NC(=O)C2(CCCC2CNC(=O)c2ccc3sccc3c2)N1. The van der Waals surface area contributed by atoms with Crippen LogP contribution in [0.4, 0.5) is 4.79 Å². The first kappa shape index (κ1) is 15.1. The summed E-state index contributed by atoms with van der Waals surface area (Å²) >= 11 is 1.64. The van der Waals surface area contributed by atoms with Crippen molar-refractivity contribution >= 4 is 39.3 Å². The number of benzene rings is 1. The third-order valence-electron chi connectivity index (χ3n) is 5.01. The highest BCUT2D eigenvalue weighted by molar-refractivity contribution is 7.17. The van der Waals surface area contributed by atoms with Crippen LogP contribution in [0.25, 0.3) is 10.1 Å². The molecule has 2 aromatic rings. The molecule has 0 bridgehead atoms. The number of rotatable bonds is 3. The van der Waals surface area contributed by atoms with Crippen LogP contribution in [0.15, 0.2) is 29.6 Å². The molecule has 3 N–H and O–H groups in total. The Balaban J connectivity index is 1.47. The Bertz CT molecular complexity index is 846. The molecule has 2 heterocycles. The molecular weight excluding hydrogens is 326 g/mol. The Hall–Kier alpha value is -2.41. The number of amides is 4. The van der Waals surface area contributed by atoms with Gasteiger partial charge in [0.05, 0.1) is 0 Å². The summed E-state index contributed by atoms with van der Waals surface area (Å²) in [4.78, 5) is 36.1. The number of thiophene rings is 1. The maximum Gasteiger partial charge on any atom is 0.322 e. The lowest BCUT2D eigenvalue weighted by Crippen LogP contribution is -2.53. The van der Waals surface area contributed by atoms with E-state index in [-0.39, 0.29) is 17.7 Å². The minimum atomic E-state index is -0.859. The van der Waals surface area contributed by atoms with E-state index in [0.29, 0.717) is 18.5 Å². The number of hydrogen-bond acceptors (Lipinski definition) is 4. The second-order valence-electron chi connectivity index (χ2n) is 6.35. The van der Waals surface area contributed by atoms with Gasteiger partial charge in [-0.15, -0.1) is 11.3 Å². The normalized spacial score (nSPS) is 25.9. The molecule has 1 spiro atoms. The lowest BCUT2D eigenvalue weighted by Gasteiger charge is -2.28. The molecule has 1 saturated carbocycles. The molecular formula is C17H17N3O3S. The number of nitrogens with one attached hydrogen (secondary N) is 3. The van der Waals surface area contributed by atoms with E-state index in [1.54, 1.807) is 11.3 Å². The van der Waals surface area contributed by atoms with Crippen molar-refractivity contribution in [2.24, 2.45) is 5.92 Å². The van der Waals surface area contributed by atoms with Gasteiger partial charge in [-0.05, 0) is 47.9 Å². The second kappa shape index (κ2) is 5.59. The van der Waals surface area contributed by atoms with Crippen molar-refractivity contribution in [2.75, 3.05) is 6.54 Å². The molecule has 0 radical (unpaired) electrons. The van der Waals surface area contributed by atoms with Gasteiger partial charge in [-0.1, -0.05) is 6.42 Å². The summed E-state index contributed by atoms with van der Waals surface area (Å²) in [7, 11) is 0. The third kappa shape index (κ3) is 2.36. The largest absolute Gasteiger partial charge is 0.352 e. The average molecular weight is 343 g/mol. The molecule has 1 aliphatic carbocycles. The van der Waals surface area contributed by atoms with Crippen molar-refractivity contribution in [3.05, 3.63) is 35.2 Å². The lowest BCUT2D eigenvalue weighted by molar-refractivity contribution is -0.125. The van der Waals surface area contributed by atoms with Crippen LogP contribution < -0.4 is 16.0 Å². The molecule has 2 aliphatic rings. The average Bonchev–Trinajstić information content (AvgIpc) is 3.25. The number of hydrogen-bond donors (Lipinski definition) is 3. The molecule has 4 rings (SSSR count). The van der Waals surface area contributed by atoms with Gasteiger partial charge in [0, 0.05) is 22.7 Å². The van der Waals surface area contributed by atoms with E-state index < -0.39 is 11.6 Å². The zero-order chi connectivity index (χ0) is 16.7. The summed E-state index contributed by atoms with van der Waals surface area (Å²) in [5, 5.41) is 11.0. The van der Waals surface area contributed by atoms with Crippen LogP contribution in [0, 0.1) is 5.92 Å². The first-order chi connectivity index (χ1) is 11.6. The van der Waals surface area contributed by atoms with Crippen LogP contribution in [0.3, 0.4) is 0 Å². The van der Waals surface area contributed by atoms with Gasteiger partial charge in [-0.25, -0.2) is 4.79 Å². The van der Waals surface area contributed by atoms with Crippen molar-refractivity contribution in [2.45, 2.75) is 24.8 Å². The van der Waals surface area contributed by atoms with Gasteiger partial charge in [0.2, 0.25) is 0 Å². The van der Waals surface area contributed by atoms with Crippen molar-refractivity contribution in [1.82, 2.24) is 16.0 Å². The first-order valence-electron chi connectivity index (χ1n) is 7.97. The van der Waals surface area contributed by atoms with E-state index >= 15 is 0 Å². The Kier molecular flexibility index (Phi) is 3.53. The molecule has 1 aliphatic heterocycles. The van der Waals surface area contributed by atoms with Gasteiger partial charge >= 0.3 is 6.03 Å². The van der Waals surface area contributed by atoms with Crippen molar-refractivity contribution in [3.8, 4) is 0 Å². The fourth-order valence-electron chi connectivity index (χ4n) is 3.75. The van der Waals surface area contributed by atoms with Crippen molar-refractivity contribution < 1.29 is 14.4 Å². The third-order valence-corrected chi connectivity index (χ3v) is 5.91. The van der Waals surface area contributed by atoms with E-state index in [4.69, 9.17) is 0 Å². The summed E-state index contributed by atoms with van der Waals surface area (Å²) in [5.74, 6) is -0.517. The van der Waals surface area contributed by atoms with E-state index in [2.05, 4.69) is 16.0 Å². The number of imide groups is 1. The fourth-order valence-corrected chi connectivity index (χ4v) is 4.52.